The van der Waals surface area contributed by atoms with E-state index in [1.807, 2.05) is 4.90 Å². The predicted octanol–water partition coefficient (Wildman–Crippen LogP) is 3.95. The third-order valence-corrected chi connectivity index (χ3v) is 6.13. The number of hydrogen-bond donors (Lipinski definition) is 1. The number of rotatable bonds is 4. The zero-order valence-corrected chi connectivity index (χ0v) is 15.3. The van der Waals surface area contributed by atoms with Gasteiger partial charge in [0, 0.05) is 13.1 Å². The first-order valence-electron chi connectivity index (χ1n) is 9.56. The van der Waals surface area contributed by atoms with Crippen LogP contribution < -0.4 is 0 Å². The van der Waals surface area contributed by atoms with Crippen LogP contribution in [0.5, 0.6) is 0 Å². The first-order chi connectivity index (χ1) is 11.9. The normalized spacial score (nSPS) is 20.8. The van der Waals surface area contributed by atoms with E-state index in [0.29, 0.717) is 31.8 Å². The van der Waals surface area contributed by atoms with Crippen LogP contribution >= 0.6 is 0 Å². The third kappa shape index (κ3) is 3.44. The highest BCUT2D eigenvalue weighted by molar-refractivity contribution is 5.89. The number of amides is 1. The van der Waals surface area contributed by atoms with E-state index < -0.39 is 11.4 Å². The van der Waals surface area contributed by atoms with Crippen molar-refractivity contribution in [1.82, 2.24) is 4.90 Å². The first-order valence-corrected chi connectivity index (χ1v) is 9.56. The quantitative estimate of drug-likeness (QED) is 0.901. The number of likely N-dealkylation sites (tertiary alicyclic amines) is 1. The molecule has 1 saturated carbocycles. The van der Waals surface area contributed by atoms with Gasteiger partial charge in [0.15, 0.2) is 0 Å². The lowest BCUT2D eigenvalue weighted by Gasteiger charge is -2.38. The molecule has 25 heavy (non-hydrogen) atoms. The summed E-state index contributed by atoms with van der Waals surface area (Å²) in [6.07, 6.45) is 5.14. The Morgan fingerprint density at radius 1 is 1.08 bits per heavy atom. The average molecular weight is 343 g/mol. The molecule has 4 nitrogen and oxygen atoms in total. The Labute approximate surface area is 150 Å². The summed E-state index contributed by atoms with van der Waals surface area (Å²) < 4.78 is 0. The lowest BCUT2D eigenvalue weighted by atomic mass is 9.76. The summed E-state index contributed by atoms with van der Waals surface area (Å²) >= 11 is 0. The van der Waals surface area contributed by atoms with E-state index in [2.05, 4.69) is 38.1 Å². The predicted molar refractivity (Wildman–Crippen MR) is 97.6 cm³/mol. The zero-order valence-electron chi connectivity index (χ0n) is 15.3. The van der Waals surface area contributed by atoms with Crippen molar-refractivity contribution in [3.8, 4) is 0 Å². The number of carbonyl (C=O) groups is 2. The van der Waals surface area contributed by atoms with E-state index in [1.165, 1.54) is 5.56 Å². The molecule has 0 aromatic heterocycles. The van der Waals surface area contributed by atoms with Gasteiger partial charge in [-0.15, -0.1) is 0 Å². The number of carboxylic acid groups (broad SMARTS) is 1. The minimum atomic E-state index is -0.730. The molecule has 3 rings (SSSR count). The molecule has 1 heterocycles. The fraction of sp³-hybridized carbons (Fsp3) is 0.619. The Morgan fingerprint density at radius 2 is 1.64 bits per heavy atom. The van der Waals surface area contributed by atoms with Gasteiger partial charge in [-0.3, -0.25) is 9.59 Å². The molecule has 0 radical (unpaired) electrons. The molecule has 1 aliphatic heterocycles. The molecule has 4 heteroatoms. The molecule has 2 fully saturated rings. The molecule has 136 valence electrons. The van der Waals surface area contributed by atoms with Gasteiger partial charge in [-0.25, -0.2) is 0 Å². The topological polar surface area (TPSA) is 57.6 Å². The van der Waals surface area contributed by atoms with Gasteiger partial charge < -0.3 is 10.0 Å². The maximum atomic E-state index is 13.4. The van der Waals surface area contributed by atoms with Crippen molar-refractivity contribution in [2.75, 3.05) is 13.1 Å². The van der Waals surface area contributed by atoms with Crippen LogP contribution in [0.1, 0.15) is 69.4 Å². The standard InChI is InChI=1S/C21H29NO3/c1-15(2)16-5-7-18(8-6-16)21(11-3-4-12-21)20(25)22-13-9-17(10-14-22)19(23)24/h5-8,15,17H,3-4,9-14H2,1-2H3,(H,23,24). The van der Waals surface area contributed by atoms with Gasteiger partial charge >= 0.3 is 5.97 Å². The van der Waals surface area contributed by atoms with E-state index in [0.717, 1.165) is 31.2 Å². The van der Waals surface area contributed by atoms with Gasteiger partial charge in [0.25, 0.3) is 0 Å². The summed E-state index contributed by atoms with van der Waals surface area (Å²) in [6, 6.07) is 8.60. The fourth-order valence-corrected chi connectivity index (χ4v) is 4.42. The maximum absolute atomic E-state index is 13.4. The molecule has 1 amide bonds. The lowest BCUT2D eigenvalue weighted by molar-refractivity contribution is -0.147. The van der Waals surface area contributed by atoms with Crippen molar-refractivity contribution in [2.24, 2.45) is 5.92 Å². The van der Waals surface area contributed by atoms with Crippen LogP contribution in [0.3, 0.4) is 0 Å². The second-order valence-corrected chi connectivity index (χ2v) is 7.97. The van der Waals surface area contributed by atoms with Crippen LogP contribution in [-0.2, 0) is 15.0 Å². The fourth-order valence-electron chi connectivity index (χ4n) is 4.42. The van der Waals surface area contributed by atoms with Crippen molar-refractivity contribution in [2.45, 2.75) is 63.7 Å². The van der Waals surface area contributed by atoms with E-state index >= 15 is 0 Å². The van der Waals surface area contributed by atoms with Gasteiger partial charge in [0.1, 0.15) is 0 Å². The monoisotopic (exact) mass is 343 g/mol. The highest BCUT2D eigenvalue weighted by atomic mass is 16.4. The lowest BCUT2D eigenvalue weighted by Crippen LogP contribution is -2.49. The number of carbonyl (C=O) groups excluding carboxylic acids is 1. The van der Waals surface area contributed by atoms with Crippen LogP contribution in [0.15, 0.2) is 24.3 Å². The zero-order chi connectivity index (χ0) is 18.0. The summed E-state index contributed by atoms with van der Waals surface area (Å²) in [5, 5.41) is 9.17. The number of nitrogens with zero attached hydrogens (tertiary/aromatic N) is 1. The molecule has 1 N–H and O–H groups in total. The van der Waals surface area contributed by atoms with E-state index in [4.69, 9.17) is 0 Å². The minimum Gasteiger partial charge on any atom is -0.481 e. The molecule has 0 unspecified atom stereocenters. The Kier molecular flexibility index (Phi) is 5.16. The van der Waals surface area contributed by atoms with Crippen molar-refractivity contribution in [3.05, 3.63) is 35.4 Å². The van der Waals surface area contributed by atoms with Crippen molar-refractivity contribution in [1.29, 1.82) is 0 Å². The van der Waals surface area contributed by atoms with E-state index in [-0.39, 0.29) is 11.8 Å². The molecule has 1 aromatic rings. The van der Waals surface area contributed by atoms with Gasteiger partial charge in [-0.05, 0) is 42.7 Å². The molecule has 1 aromatic carbocycles. The molecule has 2 aliphatic rings. The molecule has 0 atom stereocenters. The van der Waals surface area contributed by atoms with E-state index in [1.54, 1.807) is 0 Å². The number of hydrogen-bond acceptors (Lipinski definition) is 2. The van der Waals surface area contributed by atoms with Crippen LogP contribution in [0.25, 0.3) is 0 Å². The summed E-state index contributed by atoms with van der Waals surface area (Å²) in [5.41, 5.74) is 2.04. The second kappa shape index (κ2) is 7.19. The van der Waals surface area contributed by atoms with Crippen LogP contribution in [0.2, 0.25) is 0 Å². The molecule has 1 saturated heterocycles. The second-order valence-electron chi connectivity index (χ2n) is 7.97. The number of piperidine rings is 1. The Hall–Kier alpha value is -1.84. The van der Waals surface area contributed by atoms with Crippen molar-refractivity contribution in [3.63, 3.8) is 0 Å². The van der Waals surface area contributed by atoms with Gasteiger partial charge in [0.2, 0.25) is 5.91 Å². The molecule has 1 aliphatic carbocycles. The van der Waals surface area contributed by atoms with Crippen molar-refractivity contribution < 1.29 is 14.7 Å². The summed E-state index contributed by atoms with van der Waals surface area (Å²) in [5.74, 6) is -0.327. The largest absolute Gasteiger partial charge is 0.481 e. The number of aliphatic carboxylic acids is 1. The van der Waals surface area contributed by atoms with Gasteiger partial charge in [0.05, 0.1) is 11.3 Å². The van der Waals surface area contributed by atoms with Crippen LogP contribution in [-0.4, -0.2) is 35.0 Å². The number of benzene rings is 1. The summed E-state index contributed by atoms with van der Waals surface area (Å²) in [6.45, 7) is 5.50. The first kappa shape index (κ1) is 18.0. The summed E-state index contributed by atoms with van der Waals surface area (Å²) in [7, 11) is 0. The van der Waals surface area contributed by atoms with Gasteiger partial charge in [-0.1, -0.05) is 51.0 Å². The highest BCUT2D eigenvalue weighted by Gasteiger charge is 2.45. The van der Waals surface area contributed by atoms with Gasteiger partial charge in [-0.2, -0.15) is 0 Å². The molecule has 0 spiro atoms. The van der Waals surface area contributed by atoms with E-state index in [9.17, 15) is 14.7 Å². The Morgan fingerprint density at radius 3 is 2.12 bits per heavy atom. The van der Waals surface area contributed by atoms with Crippen molar-refractivity contribution >= 4 is 11.9 Å². The van der Waals surface area contributed by atoms with Crippen LogP contribution in [0.4, 0.5) is 0 Å². The SMILES string of the molecule is CC(C)c1ccc(C2(C(=O)N3CCC(C(=O)O)CC3)CCCC2)cc1. The van der Waals surface area contributed by atoms with Crippen LogP contribution in [0, 0.1) is 5.92 Å². The Balaban J connectivity index is 1.80. The highest BCUT2D eigenvalue weighted by Crippen LogP contribution is 2.43. The smallest absolute Gasteiger partial charge is 0.306 e. The molecular formula is C21H29NO3. The Bertz CT molecular complexity index is 621. The maximum Gasteiger partial charge on any atom is 0.306 e. The number of carboxylic acids is 1. The minimum absolute atomic E-state index is 0.214. The molecular weight excluding hydrogens is 314 g/mol. The third-order valence-electron chi connectivity index (χ3n) is 6.13. The molecule has 0 bridgehead atoms. The average Bonchev–Trinajstić information content (AvgIpc) is 3.12. The summed E-state index contributed by atoms with van der Waals surface area (Å²) in [4.78, 5) is 26.5.